The molecule has 4 rings (SSSR count). The van der Waals surface area contributed by atoms with Gasteiger partial charge in [-0.3, -0.25) is 4.79 Å². The van der Waals surface area contributed by atoms with Crippen LogP contribution in [0.15, 0.2) is 75.8 Å². The summed E-state index contributed by atoms with van der Waals surface area (Å²) in [4.78, 5) is 12.3. The fourth-order valence-corrected chi connectivity index (χ4v) is 3.73. The Morgan fingerprint density at radius 1 is 1.07 bits per heavy atom. The van der Waals surface area contributed by atoms with E-state index in [2.05, 4.69) is 5.32 Å². The second-order valence-corrected chi connectivity index (χ2v) is 7.13. The van der Waals surface area contributed by atoms with Gasteiger partial charge >= 0.3 is 0 Å². The third-order valence-electron chi connectivity index (χ3n) is 4.48. The summed E-state index contributed by atoms with van der Waals surface area (Å²) in [5, 5.41) is 19.2. The Balaban J connectivity index is 1.37. The highest BCUT2D eigenvalue weighted by Crippen LogP contribution is 2.27. The van der Waals surface area contributed by atoms with Crippen LogP contribution in [0.2, 0.25) is 0 Å². The molecule has 0 fully saturated rings. The van der Waals surface area contributed by atoms with Gasteiger partial charge in [-0.1, -0.05) is 42.5 Å². The molecule has 0 saturated carbocycles. The number of carbonyl (C=O) groups excluding carboxylic acids is 1. The molecule has 4 nitrogen and oxygen atoms in total. The van der Waals surface area contributed by atoms with Gasteiger partial charge in [0.1, 0.15) is 17.6 Å². The van der Waals surface area contributed by atoms with E-state index >= 15 is 0 Å². The molecule has 1 atom stereocenters. The van der Waals surface area contributed by atoms with Crippen LogP contribution in [0.5, 0.6) is 0 Å². The van der Waals surface area contributed by atoms with Crippen molar-refractivity contribution in [2.75, 3.05) is 6.54 Å². The van der Waals surface area contributed by atoms with Gasteiger partial charge in [-0.2, -0.15) is 11.3 Å². The van der Waals surface area contributed by atoms with Gasteiger partial charge in [-0.25, -0.2) is 0 Å². The molecule has 1 amide bonds. The SMILES string of the molecule is O=C(Cc1cccc2ccccc12)NCC(O)c1ccc(-c2ccsc2)o1. The summed E-state index contributed by atoms with van der Waals surface area (Å²) in [7, 11) is 0. The molecule has 0 spiro atoms. The van der Waals surface area contributed by atoms with E-state index in [1.807, 2.05) is 65.4 Å². The Morgan fingerprint density at radius 2 is 1.93 bits per heavy atom. The van der Waals surface area contributed by atoms with Crippen LogP contribution < -0.4 is 5.32 Å². The van der Waals surface area contributed by atoms with Gasteiger partial charge in [-0.15, -0.1) is 0 Å². The van der Waals surface area contributed by atoms with E-state index in [1.165, 1.54) is 0 Å². The maximum absolute atomic E-state index is 12.3. The summed E-state index contributed by atoms with van der Waals surface area (Å²) in [5.74, 6) is 1.03. The van der Waals surface area contributed by atoms with Gasteiger partial charge in [0.25, 0.3) is 0 Å². The monoisotopic (exact) mass is 377 g/mol. The van der Waals surface area contributed by atoms with Gasteiger partial charge in [0.2, 0.25) is 5.91 Å². The Morgan fingerprint density at radius 3 is 2.78 bits per heavy atom. The molecule has 2 N–H and O–H groups in total. The smallest absolute Gasteiger partial charge is 0.224 e. The first-order valence-corrected chi connectivity index (χ1v) is 9.69. The third-order valence-corrected chi connectivity index (χ3v) is 5.17. The second kappa shape index (κ2) is 7.78. The highest BCUT2D eigenvalue weighted by Gasteiger charge is 2.15. The van der Waals surface area contributed by atoms with E-state index in [0.717, 1.165) is 21.9 Å². The van der Waals surface area contributed by atoms with Crippen LogP contribution >= 0.6 is 11.3 Å². The molecule has 0 aliphatic rings. The summed E-state index contributed by atoms with van der Waals surface area (Å²) in [6.07, 6.45) is -0.610. The maximum Gasteiger partial charge on any atom is 0.224 e. The van der Waals surface area contributed by atoms with Crippen molar-refractivity contribution in [1.29, 1.82) is 0 Å². The lowest BCUT2D eigenvalue weighted by Crippen LogP contribution is -2.29. The van der Waals surface area contributed by atoms with E-state index in [4.69, 9.17) is 4.42 Å². The Kier molecular flexibility index (Phi) is 5.05. The van der Waals surface area contributed by atoms with E-state index in [9.17, 15) is 9.90 Å². The lowest BCUT2D eigenvalue weighted by molar-refractivity contribution is -0.120. The molecule has 2 aromatic heterocycles. The van der Waals surface area contributed by atoms with Crippen molar-refractivity contribution in [3.8, 4) is 11.3 Å². The molecule has 0 aliphatic carbocycles. The summed E-state index contributed by atoms with van der Waals surface area (Å²) < 4.78 is 5.70. The number of hydrogen-bond donors (Lipinski definition) is 2. The summed E-state index contributed by atoms with van der Waals surface area (Å²) in [6.45, 7) is 0.111. The van der Waals surface area contributed by atoms with E-state index in [-0.39, 0.29) is 18.9 Å². The molecule has 2 aromatic carbocycles. The quantitative estimate of drug-likeness (QED) is 0.518. The number of nitrogens with one attached hydrogen (secondary N) is 1. The predicted octanol–water partition coefficient (Wildman–Crippen LogP) is 4.55. The number of fused-ring (bicyclic) bond motifs is 1. The molecule has 27 heavy (non-hydrogen) atoms. The van der Waals surface area contributed by atoms with Crippen LogP contribution in [-0.4, -0.2) is 17.6 Å². The van der Waals surface area contributed by atoms with Crippen molar-refractivity contribution >= 4 is 28.0 Å². The zero-order chi connectivity index (χ0) is 18.6. The van der Waals surface area contributed by atoms with E-state index in [0.29, 0.717) is 11.5 Å². The molecular formula is C22H19NO3S. The fourth-order valence-electron chi connectivity index (χ4n) is 3.08. The number of thiophene rings is 1. The first-order valence-electron chi connectivity index (χ1n) is 8.74. The van der Waals surface area contributed by atoms with Gasteiger partial charge in [0.05, 0.1) is 13.0 Å². The minimum absolute atomic E-state index is 0.111. The summed E-state index contributed by atoms with van der Waals surface area (Å²) in [5.41, 5.74) is 1.95. The van der Waals surface area contributed by atoms with Crippen LogP contribution in [0, 0.1) is 0 Å². The highest BCUT2D eigenvalue weighted by atomic mass is 32.1. The van der Waals surface area contributed by atoms with Gasteiger partial charge in [-0.05, 0) is 39.9 Å². The normalized spacial score (nSPS) is 12.2. The van der Waals surface area contributed by atoms with E-state index < -0.39 is 6.10 Å². The van der Waals surface area contributed by atoms with Gasteiger partial charge in [0, 0.05) is 10.9 Å². The molecule has 0 saturated heterocycles. The van der Waals surface area contributed by atoms with Crippen molar-refractivity contribution in [3.05, 3.63) is 82.7 Å². The fraction of sp³-hybridized carbons (Fsp3) is 0.136. The molecule has 2 heterocycles. The van der Waals surface area contributed by atoms with Gasteiger partial charge in [0.15, 0.2) is 0 Å². The Bertz CT molecular complexity index is 1050. The Hall–Kier alpha value is -2.89. The third kappa shape index (κ3) is 3.94. The van der Waals surface area contributed by atoms with Gasteiger partial charge < -0.3 is 14.8 Å². The minimum atomic E-state index is -0.881. The number of carbonyl (C=O) groups is 1. The lowest BCUT2D eigenvalue weighted by Gasteiger charge is -2.11. The van der Waals surface area contributed by atoms with Crippen LogP contribution in [-0.2, 0) is 11.2 Å². The second-order valence-electron chi connectivity index (χ2n) is 6.35. The zero-order valence-electron chi connectivity index (χ0n) is 14.6. The lowest BCUT2D eigenvalue weighted by atomic mass is 10.0. The highest BCUT2D eigenvalue weighted by molar-refractivity contribution is 7.08. The van der Waals surface area contributed by atoms with Crippen LogP contribution in [0.3, 0.4) is 0 Å². The first kappa shape index (κ1) is 17.5. The standard InChI is InChI=1S/C22H19NO3S/c24-19(21-9-8-20(26-21)17-10-11-27-14-17)13-23-22(25)12-16-6-3-5-15-4-1-2-7-18(15)16/h1-11,14,19,24H,12-13H2,(H,23,25). The van der Waals surface area contributed by atoms with E-state index in [1.54, 1.807) is 17.4 Å². The first-order chi connectivity index (χ1) is 13.2. The van der Waals surface area contributed by atoms with Crippen molar-refractivity contribution < 1.29 is 14.3 Å². The van der Waals surface area contributed by atoms with Crippen LogP contribution in [0.1, 0.15) is 17.4 Å². The number of aliphatic hydroxyl groups is 1. The van der Waals surface area contributed by atoms with Crippen molar-refractivity contribution in [2.45, 2.75) is 12.5 Å². The number of benzene rings is 2. The molecule has 136 valence electrons. The molecule has 1 unspecified atom stereocenters. The molecule has 5 heteroatoms. The number of furan rings is 1. The van der Waals surface area contributed by atoms with Crippen molar-refractivity contribution in [1.82, 2.24) is 5.32 Å². The average Bonchev–Trinajstić information content (AvgIpc) is 3.38. The largest absolute Gasteiger partial charge is 0.458 e. The molecule has 0 bridgehead atoms. The van der Waals surface area contributed by atoms with Crippen molar-refractivity contribution in [3.63, 3.8) is 0 Å². The molecule has 4 aromatic rings. The molecule has 0 aliphatic heterocycles. The summed E-state index contributed by atoms with van der Waals surface area (Å²) in [6, 6.07) is 19.5. The molecule has 0 radical (unpaired) electrons. The number of amides is 1. The minimum Gasteiger partial charge on any atom is -0.458 e. The number of hydrogen-bond acceptors (Lipinski definition) is 4. The maximum atomic E-state index is 12.3. The van der Waals surface area contributed by atoms with Crippen LogP contribution in [0.4, 0.5) is 0 Å². The topological polar surface area (TPSA) is 62.5 Å². The molecular weight excluding hydrogens is 358 g/mol. The average molecular weight is 377 g/mol. The summed E-state index contributed by atoms with van der Waals surface area (Å²) >= 11 is 1.59. The van der Waals surface area contributed by atoms with Crippen molar-refractivity contribution in [2.24, 2.45) is 0 Å². The Labute approximate surface area is 161 Å². The number of rotatable bonds is 6. The predicted molar refractivity (Wildman–Crippen MR) is 108 cm³/mol. The number of aliphatic hydroxyl groups excluding tert-OH is 1. The van der Waals surface area contributed by atoms with Crippen LogP contribution in [0.25, 0.3) is 22.1 Å². The zero-order valence-corrected chi connectivity index (χ0v) is 15.4.